The summed E-state index contributed by atoms with van der Waals surface area (Å²) in [5, 5.41) is 33.4. The monoisotopic (exact) mass is 469 g/mol. The number of fused-ring (bicyclic) bond motifs is 1. The molecule has 10 heteroatoms. The molecule has 3 heterocycles. The van der Waals surface area contributed by atoms with Crippen LogP contribution in [0.15, 0.2) is 30.9 Å². The molecule has 2 aromatic heterocycles. The lowest BCUT2D eigenvalue weighted by Gasteiger charge is -2.23. The molecule has 2 fully saturated rings. The van der Waals surface area contributed by atoms with E-state index in [1.54, 1.807) is 4.57 Å². The van der Waals surface area contributed by atoms with Gasteiger partial charge in [-0.25, -0.2) is 15.0 Å². The second-order valence-corrected chi connectivity index (χ2v) is 9.18. The molecular weight excluding hydrogens is 438 g/mol. The molecule has 0 radical (unpaired) electrons. The number of aryl methyl sites for hydroxylation is 2. The maximum absolute atomic E-state index is 10.4. The zero-order valence-corrected chi connectivity index (χ0v) is 19.3. The number of aliphatic hydroxyl groups excluding tert-OH is 3. The van der Waals surface area contributed by atoms with Crippen LogP contribution in [0.25, 0.3) is 11.2 Å². The van der Waals surface area contributed by atoms with Crippen molar-refractivity contribution in [2.75, 3.05) is 11.9 Å². The molecular formula is C24H31N5O5. The molecule has 6 atom stereocenters. The second kappa shape index (κ2) is 9.55. The van der Waals surface area contributed by atoms with Crippen molar-refractivity contribution in [2.24, 2.45) is 0 Å². The highest BCUT2D eigenvalue weighted by molar-refractivity contribution is 5.82. The molecule has 34 heavy (non-hydrogen) atoms. The molecule has 0 spiro atoms. The van der Waals surface area contributed by atoms with Gasteiger partial charge in [0.05, 0.1) is 31.7 Å². The molecule has 1 aromatic carbocycles. The number of hydrogen-bond acceptors (Lipinski definition) is 9. The van der Waals surface area contributed by atoms with Crippen LogP contribution in [0.4, 0.5) is 5.82 Å². The molecule has 1 aliphatic heterocycles. The first kappa shape index (κ1) is 23.1. The van der Waals surface area contributed by atoms with Crippen LogP contribution in [-0.2, 0) is 16.1 Å². The molecule has 1 saturated carbocycles. The molecule has 1 saturated heterocycles. The fourth-order valence-corrected chi connectivity index (χ4v) is 4.99. The number of aromatic nitrogens is 4. The van der Waals surface area contributed by atoms with Gasteiger partial charge in [0.25, 0.3) is 0 Å². The van der Waals surface area contributed by atoms with E-state index in [1.165, 1.54) is 29.3 Å². The van der Waals surface area contributed by atoms with E-state index >= 15 is 0 Å². The van der Waals surface area contributed by atoms with Gasteiger partial charge in [-0.3, -0.25) is 4.57 Å². The van der Waals surface area contributed by atoms with Crippen LogP contribution in [0, 0.1) is 13.8 Å². The van der Waals surface area contributed by atoms with Gasteiger partial charge in [-0.2, -0.15) is 0 Å². The number of benzene rings is 1. The van der Waals surface area contributed by atoms with Crippen LogP contribution in [0.3, 0.4) is 0 Å². The van der Waals surface area contributed by atoms with Crippen LogP contribution >= 0.6 is 0 Å². The maximum atomic E-state index is 10.4. The summed E-state index contributed by atoms with van der Waals surface area (Å²) in [4.78, 5) is 13.2. The summed E-state index contributed by atoms with van der Waals surface area (Å²) in [6.45, 7) is 4.39. The van der Waals surface area contributed by atoms with E-state index in [0.29, 0.717) is 23.6 Å². The van der Waals surface area contributed by atoms with Gasteiger partial charge in [-0.05, 0) is 49.8 Å². The Morgan fingerprint density at radius 3 is 2.65 bits per heavy atom. The first-order valence-corrected chi connectivity index (χ1v) is 11.7. The predicted molar refractivity (Wildman–Crippen MR) is 124 cm³/mol. The normalized spacial score (nSPS) is 29.2. The molecule has 2 aliphatic rings. The Bertz CT molecular complexity index is 1130. The van der Waals surface area contributed by atoms with Crippen molar-refractivity contribution >= 4 is 17.0 Å². The van der Waals surface area contributed by atoms with Crippen molar-refractivity contribution in [1.29, 1.82) is 0 Å². The zero-order chi connectivity index (χ0) is 23.8. The Balaban J connectivity index is 1.33. The van der Waals surface area contributed by atoms with Crippen molar-refractivity contribution < 1.29 is 24.8 Å². The van der Waals surface area contributed by atoms with E-state index in [-0.39, 0.29) is 12.1 Å². The van der Waals surface area contributed by atoms with E-state index in [1.807, 2.05) is 0 Å². The Hall–Kier alpha value is -2.63. The number of aliphatic hydroxyl groups is 3. The fraction of sp³-hybridized carbons (Fsp3) is 0.542. The molecule has 10 nitrogen and oxygen atoms in total. The fourth-order valence-electron chi connectivity index (χ4n) is 4.99. The summed E-state index contributed by atoms with van der Waals surface area (Å²) >= 11 is 0. The van der Waals surface area contributed by atoms with Crippen molar-refractivity contribution in [2.45, 2.75) is 76.4 Å². The van der Waals surface area contributed by atoms with E-state index < -0.39 is 31.1 Å². The number of ether oxygens (including phenoxy) is 2. The summed E-state index contributed by atoms with van der Waals surface area (Å²) < 4.78 is 13.6. The molecule has 3 unspecified atom stereocenters. The average molecular weight is 470 g/mol. The van der Waals surface area contributed by atoms with Gasteiger partial charge in [0, 0.05) is 0 Å². The molecule has 0 bridgehead atoms. The highest BCUT2D eigenvalue weighted by Gasteiger charge is 2.44. The largest absolute Gasteiger partial charge is 0.394 e. The summed E-state index contributed by atoms with van der Waals surface area (Å²) in [7, 11) is 0. The number of imidazole rings is 1. The van der Waals surface area contributed by atoms with Gasteiger partial charge in [-0.15, -0.1) is 0 Å². The third-order valence-electron chi connectivity index (χ3n) is 7.01. The van der Waals surface area contributed by atoms with Crippen LogP contribution in [0.5, 0.6) is 0 Å². The molecule has 3 aromatic rings. The van der Waals surface area contributed by atoms with E-state index in [0.717, 1.165) is 19.3 Å². The molecule has 4 N–H and O–H groups in total. The van der Waals surface area contributed by atoms with Gasteiger partial charge in [0.15, 0.2) is 23.2 Å². The molecule has 0 amide bonds. The van der Waals surface area contributed by atoms with Crippen LogP contribution in [-0.4, -0.2) is 71.9 Å². The van der Waals surface area contributed by atoms with E-state index in [2.05, 4.69) is 52.3 Å². The summed E-state index contributed by atoms with van der Waals surface area (Å²) in [5.74, 6) is 0.586. The number of nitrogens with one attached hydrogen (secondary N) is 1. The number of anilines is 1. The summed E-state index contributed by atoms with van der Waals surface area (Å²) in [6.07, 6.45) is 1.79. The molecule has 1 aliphatic carbocycles. The van der Waals surface area contributed by atoms with Crippen molar-refractivity contribution in [1.82, 2.24) is 19.5 Å². The van der Waals surface area contributed by atoms with Crippen LogP contribution < -0.4 is 5.32 Å². The Labute approximate surface area is 197 Å². The minimum atomic E-state index is -1.21. The quantitative estimate of drug-likeness (QED) is 0.407. The predicted octanol–water partition coefficient (Wildman–Crippen LogP) is 1.60. The topological polar surface area (TPSA) is 135 Å². The Morgan fingerprint density at radius 2 is 1.91 bits per heavy atom. The minimum absolute atomic E-state index is 0.0477. The first-order chi connectivity index (χ1) is 16.5. The maximum Gasteiger partial charge on any atom is 0.167 e. The van der Waals surface area contributed by atoms with Gasteiger partial charge < -0.3 is 30.1 Å². The summed E-state index contributed by atoms with van der Waals surface area (Å²) in [5.41, 5.74) is 4.71. The van der Waals surface area contributed by atoms with Gasteiger partial charge in [-0.1, -0.05) is 18.2 Å². The highest BCUT2D eigenvalue weighted by atomic mass is 16.6. The SMILES string of the molecule is Cc1cccc(C)c1CO[C@@H]1CCCC1Nc1ncnc2c1ncn2C1OC(CO)[C@@H](O)[C@H]1O. The van der Waals surface area contributed by atoms with Gasteiger partial charge in [0.2, 0.25) is 0 Å². The Morgan fingerprint density at radius 1 is 1.12 bits per heavy atom. The Kier molecular flexibility index (Phi) is 6.50. The minimum Gasteiger partial charge on any atom is -0.394 e. The third-order valence-corrected chi connectivity index (χ3v) is 7.01. The standard InChI is InChI=1S/C24H31N5O5/c1-13-5-3-6-14(2)15(13)10-33-17-8-4-7-16(17)28-22-19-23(26-11-25-22)29(12-27-19)24-21(32)20(31)18(9-30)34-24/h3,5-6,11-12,16-18,20-21,24,30-32H,4,7-10H2,1-2H3,(H,25,26,28)/t16?,17-,18?,20-,21-,24?/m1/s1. The summed E-state index contributed by atoms with van der Waals surface area (Å²) in [6, 6.07) is 6.36. The number of hydrogen-bond donors (Lipinski definition) is 4. The van der Waals surface area contributed by atoms with Crippen molar-refractivity contribution in [3.05, 3.63) is 47.5 Å². The second-order valence-electron chi connectivity index (χ2n) is 9.18. The first-order valence-electron chi connectivity index (χ1n) is 11.7. The van der Waals surface area contributed by atoms with Gasteiger partial charge >= 0.3 is 0 Å². The van der Waals surface area contributed by atoms with Gasteiger partial charge in [0.1, 0.15) is 24.6 Å². The smallest absolute Gasteiger partial charge is 0.167 e. The lowest BCUT2D eigenvalue weighted by atomic mass is 10.0. The molecule has 5 rings (SSSR count). The van der Waals surface area contributed by atoms with E-state index in [9.17, 15) is 15.3 Å². The third kappa shape index (κ3) is 4.16. The van der Waals surface area contributed by atoms with Crippen molar-refractivity contribution in [3.63, 3.8) is 0 Å². The zero-order valence-electron chi connectivity index (χ0n) is 19.3. The number of rotatable bonds is 7. The van der Waals surface area contributed by atoms with E-state index in [4.69, 9.17) is 9.47 Å². The van der Waals surface area contributed by atoms with Crippen LogP contribution in [0.1, 0.15) is 42.2 Å². The molecule has 182 valence electrons. The lowest BCUT2D eigenvalue weighted by Crippen LogP contribution is -2.33. The van der Waals surface area contributed by atoms with Crippen LogP contribution in [0.2, 0.25) is 0 Å². The van der Waals surface area contributed by atoms with Crippen molar-refractivity contribution in [3.8, 4) is 0 Å². The lowest BCUT2D eigenvalue weighted by molar-refractivity contribution is -0.0511. The number of nitrogens with zero attached hydrogens (tertiary/aromatic N) is 4. The highest BCUT2D eigenvalue weighted by Crippen LogP contribution is 2.33. The average Bonchev–Trinajstić information content (AvgIpc) is 3.52.